The average Bonchev–Trinajstić information content (AvgIpc) is 2.81. The van der Waals surface area contributed by atoms with Crippen LogP contribution >= 0.6 is 0 Å². The molecule has 0 heterocycles. The summed E-state index contributed by atoms with van der Waals surface area (Å²) in [6.45, 7) is -0.482. The molecule has 0 radical (unpaired) electrons. The molecule has 0 spiro atoms. The van der Waals surface area contributed by atoms with Gasteiger partial charge in [0.05, 0.1) is 26.3 Å². The van der Waals surface area contributed by atoms with E-state index in [4.69, 9.17) is 14.2 Å². The van der Waals surface area contributed by atoms with Crippen LogP contribution in [-0.2, 0) is 19.1 Å². The number of carbonyl (C=O) groups excluding carboxylic acids is 3. The molecule has 2 amide bonds. The lowest BCUT2D eigenvalue weighted by Crippen LogP contribution is -2.22. The van der Waals surface area contributed by atoms with E-state index in [2.05, 4.69) is 10.6 Å². The molecule has 166 valence electrons. The SMILES string of the molecule is COc1ccc(OC)c(NC(=O)COC(=O)CCC(=O)Nc2cccc3ccccc23)c1. The first-order chi connectivity index (χ1) is 15.5. The minimum atomic E-state index is -0.647. The van der Waals surface area contributed by atoms with Crippen molar-refractivity contribution in [3.05, 3.63) is 60.7 Å². The van der Waals surface area contributed by atoms with E-state index < -0.39 is 18.5 Å². The van der Waals surface area contributed by atoms with Crippen molar-refractivity contribution in [2.45, 2.75) is 12.8 Å². The van der Waals surface area contributed by atoms with E-state index in [1.165, 1.54) is 14.2 Å². The number of anilines is 2. The number of hydrogen-bond acceptors (Lipinski definition) is 6. The summed E-state index contributed by atoms with van der Waals surface area (Å²) < 4.78 is 15.3. The highest BCUT2D eigenvalue weighted by atomic mass is 16.5. The van der Waals surface area contributed by atoms with E-state index in [0.717, 1.165) is 10.8 Å². The summed E-state index contributed by atoms with van der Waals surface area (Å²) in [5.41, 5.74) is 1.07. The summed E-state index contributed by atoms with van der Waals surface area (Å²) >= 11 is 0. The van der Waals surface area contributed by atoms with Crippen molar-refractivity contribution in [1.82, 2.24) is 0 Å². The lowest BCUT2D eigenvalue weighted by Gasteiger charge is -2.12. The summed E-state index contributed by atoms with van der Waals surface area (Å²) in [5, 5.41) is 7.33. The zero-order valence-electron chi connectivity index (χ0n) is 17.8. The van der Waals surface area contributed by atoms with Crippen LogP contribution in [0.4, 0.5) is 11.4 Å². The molecule has 3 aromatic rings. The van der Waals surface area contributed by atoms with Gasteiger partial charge < -0.3 is 24.8 Å². The Morgan fingerprint density at radius 1 is 0.781 bits per heavy atom. The molecule has 8 nitrogen and oxygen atoms in total. The number of ether oxygens (including phenoxy) is 3. The second-order valence-corrected chi connectivity index (χ2v) is 6.85. The van der Waals surface area contributed by atoms with Gasteiger partial charge in [-0.05, 0) is 23.6 Å². The molecule has 0 aromatic heterocycles. The summed E-state index contributed by atoms with van der Waals surface area (Å²) in [6, 6.07) is 18.2. The number of nitrogens with one attached hydrogen (secondary N) is 2. The largest absolute Gasteiger partial charge is 0.497 e. The Balaban J connectivity index is 1.46. The molecule has 3 aromatic carbocycles. The minimum absolute atomic E-state index is 0.0621. The van der Waals surface area contributed by atoms with Crippen molar-refractivity contribution in [3.8, 4) is 11.5 Å². The summed E-state index contributed by atoms with van der Waals surface area (Å²) in [5.74, 6) is -0.523. The molecule has 0 aliphatic carbocycles. The lowest BCUT2D eigenvalue weighted by atomic mass is 10.1. The van der Waals surface area contributed by atoms with Crippen LogP contribution in [0, 0.1) is 0 Å². The number of esters is 1. The molecule has 0 saturated carbocycles. The number of amides is 2. The van der Waals surface area contributed by atoms with Crippen molar-refractivity contribution in [3.63, 3.8) is 0 Å². The third-order valence-corrected chi connectivity index (χ3v) is 4.66. The molecule has 0 bridgehead atoms. The third kappa shape index (κ3) is 5.98. The van der Waals surface area contributed by atoms with Gasteiger partial charge in [-0.1, -0.05) is 36.4 Å². The summed E-state index contributed by atoms with van der Waals surface area (Å²) in [6.07, 6.45) is -0.209. The molecular formula is C24H24N2O6. The first-order valence-electron chi connectivity index (χ1n) is 9.95. The van der Waals surface area contributed by atoms with Gasteiger partial charge in [-0.25, -0.2) is 0 Å². The predicted molar refractivity (Wildman–Crippen MR) is 121 cm³/mol. The van der Waals surface area contributed by atoms with E-state index in [-0.39, 0.29) is 18.7 Å². The first kappa shape index (κ1) is 22.6. The van der Waals surface area contributed by atoms with Crippen LogP contribution in [0.1, 0.15) is 12.8 Å². The maximum atomic E-state index is 12.2. The van der Waals surface area contributed by atoms with Crippen LogP contribution in [0.2, 0.25) is 0 Å². The highest BCUT2D eigenvalue weighted by Gasteiger charge is 2.13. The van der Waals surface area contributed by atoms with Gasteiger partial charge in [0.25, 0.3) is 5.91 Å². The van der Waals surface area contributed by atoms with Crippen molar-refractivity contribution < 1.29 is 28.6 Å². The molecule has 8 heteroatoms. The van der Waals surface area contributed by atoms with E-state index in [1.54, 1.807) is 24.3 Å². The van der Waals surface area contributed by atoms with Gasteiger partial charge in [-0.2, -0.15) is 0 Å². The topological polar surface area (TPSA) is 103 Å². The van der Waals surface area contributed by atoms with Gasteiger partial charge in [0.15, 0.2) is 6.61 Å². The smallest absolute Gasteiger partial charge is 0.306 e. The summed E-state index contributed by atoms with van der Waals surface area (Å²) in [4.78, 5) is 36.3. The van der Waals surface area contributed by atoms with Gasteiger partial charge in [0, 0.05) is 23.6 Å². The molecular weight excluding hydrogens is 412 g/mol. The first-order valence-corrected chi connectivity index (χ1v) is 9.95. The van der Waals surface area contributed by atoms with Crippen LogP contribution in [0.15, 0.2) is 60.7 Å². The molecule has 0 aliphatic heterocycles. The maximum Gasteiger partial charge on any atom is 0.306 e. The number of hydrogen-bond donors (Lipinski definition) is 2. The fourth-order valence-corrected chi connectivity index (χ4v) is 3.08. The second kappa shape index (κ2) is 10.8. The number of rotatable bonds is 9. The van der Waals surface area contributed by atoms with Gasteiger partial charge in [0.1, 0.15) is 11.5 Å². The van der Waals surface area contributed by atoms with Gasteiger partial charge in [0.2, 0.25) is 5.91 Å². The third-order valence-electron chi connectivity index (χ3n) is 4.66. The second-order valence-electron chi connectivity index (χ2n) is 6.85. The van der Waals surface area contributed by atoms with Gasteiger partial charge in [-0.3, -0.25) is 14.4 Å². The lowest BCUT2D eigenvalue weighted by molar-refractivity contribution is -0.147. The molecule has 0 aliphatic rings. The monoisotopic (exact) mass is 436 g/mol. The Bertz CT molecular complexity index is 1120. The Morgan fingerprint density at radius 3 is 2.31 bits per heavy atom. The van der Waals surface area contributed by atoms with E-state index in [9.17, 15) is 14.4 Å². The van der Waals surface area contributed by atoms with Crippen molar-refractivity contribution in [2.75, 3.05) is 31.5 Å². The maximum absolute atomic E-state index is 12.2. The molecule has 3 rings (SSSR count). The molecule has 0 atom stereocenters. The van der Waals surface area contributed by atoms with E-state index >= 15 is 0 Å². The normalized spacial score (nSPS) is 10.3. The van der Waals surface area contributed by atoms with Crippen LogP contribution in [0.5, 0.6) is 11.5 Å². The Kier molecular flexibility index (Phi) is 7.64. The Labute approximate surface area is 185 Å². The molecule has 2 N–H and O–H groups in total. The highest BCUT2D eigenvalue weighted by molar-refractivity contribution is 6.02. The number of benzene rings is 3. The quantitative estimate of drug-likeness (QED) is 0.495. The van der Waals surface area contributed by atoms with E-state index in [0.29, 0.717) is 22.9 Å². The molecule has 0 unspecified atom stereocenters. The minimum Gasteiger partial charge on any atom is -0.497 e. The zero-order chi connectivity index (χ0) is 22.9. The van der Waals surface area contributed by atoms with Crippen LogP contribution in [0.25, 0.3) is 10.8 Å². The van der Waals surface area contributed by atoms with Crippen molar-refractivity contribution >= 4 is 39.9 Å². The van der Waals surface area contributed by atoms with Gasteiger partial charge >= 0.3 is 5.97 Å². The Morgan fingerprint density at radius 2 is 1.53 bits per heavy atom. The number of carbonyl (C=O) groups is 3. The molecule has 0 saturated heterocycles. The molecule has 32 heavy (non-hydrogen) atoms. The fourth-order valence-electron chi connectivity index (χ4n) is 3.08. The van der Waals surface area contributed by atoms with Crippen LogP contribution < -0.4 is 20.1 Å². The summed E-state index contributed by atoms with van der Waals surface area (Å²) in [7, 11) is 2.98. The van der Waals surface area contributed by atoms with Crippen molar-refractivity contribution in [1.29, 1.82) is 0 Å². The number of methoxy groups -OCH3 is 2. The predicted octanol–water partition coefficient (Wildman–Crippen LogP) is 3.76. The van der Waals surface area contributed by atoms with Crippen LogP contribution in [-0.4, -0.2) is 38.6 Å². The van der Waals surface area contributed by atoms with Gasteiger partial charge in [-0.15, -0.1) is 0 Å². The van der Waals surface area contributed by atoms with E-state index in [1.807, 2.05) is 36.4 Å². The highest BCUT2D eigenvalue weighted by Crippen LogP contribution is 2.28. The zero-order valence-corrected chi connectivity index (χ0v) is 17.8. The fraction of sp³-hybridized carbons (Fsp3) is 0.208. The standard InChI is InChI=1S/C24H24N2O6/c1-30-17-10-11-21(31-2)20(14-17)26-23(28)15-32-24(29)13-12-22(27)25-19-9-5-7-16-6-3-4-8-18(16)19/h3-11,14H,12-13,15H2,1-2H3,(H,25,27)(H,26,28). The average molecular weight is 436 g/mol. The number of fused-ring (bicyclic) bond motifs is 1. The van der Waals surface area contributed by atoms with Crippen LogP contribution in [0.3, 0.4) is 0 Å². The van der Waals surface area contributed by atoms with Crippen molar-refractivity contribution in [2.24, 2.45) is 0 Å². The molecule has 0 fully saturated rings. The Hall–Kier alpha value is -4.07.